The summed E-state index contributed by atoms with van der Waals surface area (Å²) in [7, 11) is 0. The quantitative estimate of drug-likeness (QED) is 0.579. The number of carbonyl (C=O) groups is 2. The zero-order valence-corrected chi connectivity index (χ0v) is 12.5. The first-order chi connectivity index (χ1) is 11.2. The van der Waals surface area contributed by atoms with Crippen molar-refractivity contribution in [2.24, 2.45) is 0 Å². The number of amides is 1. The predicted octanol–water partition coefficient (Wildman–Crippen LogP) is 2.27. The molecule has 2 heterocycles. The van der Waals surface area contributed by atoms with Crippen LogP contribution in [-0.2, 0) is 11.3 Å². The molecule has 0 atom stereocenters. The van der Waals surface area contributed by atoms with Crippen LogP contribution in [0.5, 0.6) is 0 Å². The highest BCUT2D eigenvalue weighted by Crippen LogP contribution is 2.16. The van der Waals surface area contributed by atoms with Crippen LogP contribution in [0.15, 0.2) is 59.5 Å². The van der Waals surface area contributed by atoms with Gasteiger partial charge in [-0.1, -0.05) is 18.2 Å². The van der Waals surface area contributed by atoms with Crippen LogP contribution < -0.4 is 5.32 Å². The van der Waals surface area contributed by atoms with Crippen LogP contribution in [0.2, 0.25) is 0 Å². The number of nitrogens with one attached hydrogen (secondary N) is 1. The maximum absolute atomic E-state index is 11.9. The SMILES string of the molecule is Cc1nccn1-c1ccccc1CNC(=O)C(=O)c1ccco1. The maximum atomic E-state index is 11.9. The number of nitrogens with zero attached hydrogens (tertiary/aromatic N) is 2. The van der Waals surface area contributed by atoms with E-state index in [0.29, 0.717) is 0 Å². The number of para-hydroxylation sites is 1. The number of rotatable bonds is 5. The molecule has 1 aromatic carbocycles. The van der Waals surface area contributed by atoms with Crippen LogP contribution in [0.1, 0.15) is 21.9 Å². The monoisotopic (exact) mass is 309 g/mol. The van der Waals surface area contributed by atoms with E-state index in [4.69, 9.17) is 4.42 Å². The molecule has 6 heteroatoms. The Morgan fingerprint density at radius 3 is 2.74 bits per heavy atom. The number of aryl methyl sites for hydroxylation is 1. The van der Waals surface area contributed by atoms with Crippen LogP contribution in [0.3, 0.4) is 0 Å². The molecule has 0 saturated heterocycles. The van der Waals surface area contributed by atoms with Gasteiger partial charge >= 0.3 is 0 Å². The van der Waals surface area contributed by atoms with Crippen LogP contribution in [-0.4, -0.2) is 21.2 Å². The van der Waals surface area contributed by atoms with E-state index < -0.39 is 11.7 Å². The van der Waals surface area contributed by atoms with E-state index in [1.54, 1.807) is 12.3 Å². The molecule has 0 aliphatic rings. The van der Waals surface area contributed by atoms with Crippen molar-refractivity contribution >= 4 is 11.7 Å². The molecule has 0 spiro atoms. The van der Waals surface area contributed by atoms with Gasteiger partial charge in [0.15, 0.2) is 5.76 Å². The van der Waals surface area contributed by atoms with Crippen molar-refractivity contribution in [1.82, 2.24) is 14.9 Å². The lowest BCUT2D eigenvalue weighted by atomic mass is 10.1. The molecular weight excluding hydrogens is 294 g/mol. The van der Waals surface area contributed by atoms with Crippen LogP contribution in [0, 0.1) is 6.92 Å². The van der Waals surface area contributed by atoms with Crippen molar-refractivity contribution in [2.45, 2.75) is 13.5 Å². The van der Waals surface area contributed by atoms with E-state index in [1.807, 2.05) is 42.0 Å². The van der Waals surface area contributed by atoms with Gasteiger partial charge in [-0.3, -0.25) is 9.59 Å². The van der Waals surface area contributed by atoms with Gasteiger partial charge in [0.25, 0.3) is 11.7 Å². The Hall–Kier alpha value is -3.15. The summed E-state index contributed by atoms with van der Waals surface area (Å²) in [6.45, 7) is 2.13. The van der Waals surface area contributed by atoms with E-state index in [0.717, 1.165) is 17.1 Å². The summed E-state index contributed by atoms with van der Waals surface area (Å²) >= 11 is 0. The van der Waals surface area contributed by atoms with E-state index >= 15 is 0 Å². The molecule has 1 N–H and O–H groups in total. The van der Waals surface area contributed by atoms with Gasteiger partial charge in [0.1, 0.15) is 5.82 Å². The smallest absolute Gasteiger partial charge is 0.296 e. The summed E-state index contributed by atoms with van der Waals surface area (Å²) in [6.07, 6.45) is 4.92. The van der Waals surface area contributed by atoms with Gasteiger partial charge in [-0.2, -0.15) is 0 Å². The Morgan fingerprint density at radius 2 is 2.04 bits per heavy atom. The molecule has 0 radical (unpaired) electrons. The molecule has 1 amide bonds. The third kappa shape index (κ3) is 3.06. The zero-order valence-electron chi connectivity index (χ0n) is 12.5. The van der Waals surface area contributed by atoms with Crippen molar-refractivity contribution < 1.29 is 14.0 Å². The molecule has 0 fully saturated rings. The second-order valence-corrected chi connectivity index (χ2v) is 4.96. The molecule has 6 nitrogen and oxygen atoms in total. The highest BCUT2D eigenvalue weighted by atomic mass is 16.3. The Bertz CT molecular complexity index is 834. The number of hydrogen-bond donors (Lipinski definition) is 1. The Balaban J connectivity index is 1.75. The highest BCUT2D eigenvalue weighted by molar-refractivity contribution is 6.41. The molecule has 116 valence electrons. The summed E-state index contributed by atoms with van der Waals surface area (Å²) in [4.78, 5) is 28.0. The lowest BCUT2D eigenvalue weighted by molar-refractivity contribution is -0.117. The topological polar surface area (TPSA) is 77.1 Å². The average Bonchev–Trinajstić information content (AvgIpc) is 3.23. The molecule has 0 bridgehead atoms. The normalized spacial score (nSPS) is 10.5. The molecule has 3 aromatic rings. The number of imidazole rings is 1. The van der Waals surface area contributed by atoms with Gasteiger partial charge < -0.3 is 14.3 Å². The Labute approximate surface area is 132 Å². The van der Waals surface area contributed by atoms with Crippen molar-refractivity contribution in [2.75, 3.05) is 0 Å². The van der Waals surface area contributed by atoms with Crippen molar-refractivity contribution in [1.29, 1.82) is 0 Å². The second kappa shape index (κ2) is 6.31. The molecule has 2 aromatic heterocycles. The standard InChI is InChI=1S/C17H15N3O3/c1-12-18-8-9-20(12)14-6-3-2-5-13(14)11-19-17(22)16(21)15-7-4-10-23-15/h2-10H,11H2,1H3,(H,19,22). The Morgan fingerprint density at radius 1 is 1.22 bits per heavy atom. The van der Waals surface area contributed by atoms with Crippen molar-refractivity contribution in [3.63, 3.8) is 0 Å². The fourth-order valence-corrected chi connectivity index (χ4v) is 2.30. The molecule has 0 aliphatic heterocycles. The third-order valence-electron chi connectivity index (χ3n) is 3.47. The van der Waals surface area contributed by atoms with Crippen molar-refractivity contribution in [3.8, 4) is 5.69 Å². The van der Waals surface area contributed by atoms with E-state index in [9.17, 15) is 9.59 Å². The summed E-state index contributed by atoms with van der Waals surface area (Å²) < 4.78 is 6.87. The fraction of sp³-hybridized carbons (Fsp3) is 0.118. The summed E-state index contributed by atoms with van der Waals surface area (Å²) in [5, 5.41) is 2.63. The first-order valence-corrected chi connectivity index (χ1v) is 7.11. The number of aromatic nitrogens is 2. The maximum Gasteiger partial charge on any atom is 0.296 e. The van der Waals surface area contributed by atoms with Crippen LogP contribution in [0.4, 0.5) is 0 Å². The lowest BCUT2D eigenvalue weighted by Crippen LogP contribution is -2.30. The summed E-state index contributed by atoms with van der Waals surface area (Å²) in [6, 6.07) is 10.7. The first-order valence-electron chi connectivity index (χ1n) is 7.11. The highest BCUT2D eigenvalue weighted by Gasteiger charge is 2.18. The molecule has 0 aliphatic carbocycles. The minimum atomic E-state index is -0.697. The van der Waals surface area contributed by atoms with E-state index in [1.165, 1.54) is 12.3 Å². The van der Waals surface area contributed by atoms with Crippen LogP contribution in [0.25, 0.3) is 5.69 Å². The minimum Gasteiger partial charge on any atom is -0.461 e. The predicted molar refractivity (Wildman–Crippen MR) is 83.2 cm³/mol. The van der Waals surface area contributed by atoms with Gasteiger partial charge in [-0.05, 0) is 30.7 Å². The number of ketones is 1. The van der Waals surface area contributed by atoms with Crippen LogP contribution >= 0.6 is 0 Å². The van der Waals surface area contributed by atoms with Gasteiger partial charge in [-0.15, -0.1) is 0 Å². The van der Waals surface area contributed by atoms with Gasteiger partial charge in [0.2, 0.25) is 0 Å². The summed E-state index contributed by atoms with van der Waals surface area (Å²) in [5.41, 5.74) is 1.79. The number of Topliss-reactive ketones (excluding diaryl/α,β-unsaturated/α-hetero) is 1. The summed E-state index contributed by atoms with van der Waals surface area (Å²) in [5.74, 6) is -0.514. The van der Waals surface area contributed by atoms with Gasteiger partial charge in [-0.25, -0.2) is 4.98 Å². The number of carbonyl (C=O) groups excluding carboxylic acids is 2. The first kappa shape index (κ1) is 14.8. The largest absolute Gasteiger partial charge is 0.461 e. The van der Waals surface area contributed by atoms with E-state index in [2.05, 4.69) is 10.3 Å². The molecular formula is C17H15N3O3. The van der Waals surface area contributed by atoms with Crippen molar-refractivity contribution in [3.05, 3.63) is 72.2 Å². The molecule has 3 rings (SSSR count). The van der Waals surface area contributed by atoms with Gasteiger partial charge in [0.05, 0.1) is 12.0 Å². The third-order valence-corrected chi connectivity index (χ3v) is 3.47. The second-order valence-electron chi connectivity index (χ2n) is 4.96. The molecule has 0 unspecified atom stereocenters. The fourth-order valence-electron chi connectivity index (χ4n) is 2.30. The number of hydrogen-bond acceptors (Lipinski definition) is 4. The number of furan rings is 1. The Kier molecular flexibility index (Phi) is 4.05. The van der Waals surface area contributed by atoms with Gasteiger partial charge in [0, 0.05) is 18.9 Å². The minimum absolute atomic E-state index is 0.0289. The molecule has 0 saturated carbocycles. The lowest BCUT2D eigenvalue weighted by Gasteiger charge is -2.12. The zero-order chi connectivity index (χ0) is 16.2. The molecule has 23 heavy (non-hydrogen) atoms. The average molecular weight is 309 g/mol. The number of benzene rings is 1. The van der Waals surface area contributed by atoms with E-state index in [-0.39, 0.29) is 12.3 Å².